The van der Waals surface area contributed by atoms with Crippen molar-refractivity contribution < 1.29 is 18.4 Å². The lowest BCUT2D eigenvalue weighted by atomic mass is 10.0. The number of carbonyl (C=O) groups is 2. The monoisotopic (exact) mass is 423 g/mol. The lowest BCUT2D eigenvalue weighted by Crippen LogP contribution is -2.26. The van der Waals surface area contributed by atoms with Crippen LogP contribution in [-0.4, -0.2) is 28.7 Å². The lowest BCUT2D eigenvalue weighted by molar-refractivity contribution is -0.118. The molecule has 0 aliphatic rings. The molecule has 0 saturated carbocycles. The highest BCUT2D eigenvalue weighted by atomic mass is 19.2. The number of rotatable bonds is 7. The summed E-state index contributed by atoms with van der Waals surface area (Å²) in [6.07, 6.45) is 4.05. The number of halogens is 2. The average molecular weight is 423 g/mol. The van der Waals surface area contributed by atoms with E-state index in [1.54, 1.807) is 13.1 Å². The van der Waals surface area contributed by atoms with Crippen molar-refractivity contribution in [1.82, 2.24) is 9.97 Å². The van der Waals surface area contributed by atoms with Crippen LogP contribution in [0.4, 0.5) is 14.5 Å². The highest BCUT2D eigenvalue weighted by Gasteiger charge is 2.20. The fourth-order valence-electron chi connectivity index (χ4n) is 3.27. The molecule has 0 aliphatic carbocycles. The summed E-state index contributed by atoms with van der Waals surface area (Å²) in [5, 5.41) is 0. The Morgan fingerprint density at radius 1 is 1.03 bits per heavy atom. The minimum Gasteiger partial charge on any atom is -0.313 e. The van der Waals surface area contributed by atoms with E-state index < -0.39 is 11.6 Å². The molecular formula is C24H23F2N3O2. The van der Waals surface area contributed by atoms with Crippen molar-refractivity contribution in [2.75, 3.05) is 11.9 Å². The van der Waals surface area contributed by atoms with Crippen molar-refractivity contribution in [1.29, 1.82) is 0 Å². The van der Waals surface area contributed by atoms with E-state index in [0.29, 0.717) is 12.0 Å². The van der Waals surface area contributed by atoms with Gasteiger partial charge in [0.05, 0.1) is 5.69 Å². The van der Waals surface area contributed by atoms with Gasteiger partial charge in [-0.25, -0.2) is 8.78 Å². The Hall–Kier alpha value is -3.48. The zero-order chi connectivity index (χ0) is 22.5. The second-order valence-corrected chi connectivity index (χ2v) is 7.17. The van der Waals surface area contributed by atoms with E-state index in [4.69, 9.17) is 0 Å². The lowest BCUT2D eigenvalue weighted by Gasteiger charge is -2.18. The number of nitrogens with zero attached hydrogens (tertiary/aromatic N) is 3. The first-order valence-corrected chi connectivity index (χ1v) is 9.98. The Morgan fingerprint density at radius 3 is 2.45 bits per heavy atom. The van der Waals surface area contributed by atoms with Crippen LogP contribution in [0, 0.1) is 18.6 Å². The smallest absolute Gasteiger partial charge is 0.226 e. The van der Waals surface area contributed by atoms with Gasteiger partial charge in [-0.3, -0.25) is 19.6 Å². The molecule has 0 unspecified atom stereocenters. The Kier molecular flexibility index (Phi) is 6.84. The van der Waals surface area contributed by atoms with E-state index in [-0.39, 0.29) is 41.5 Å². The van der Waals surface area contributed by atoms with Crippen molar-refractivity contribution in [3.8, 4) is 11.1 Å². The third-order valence-electron chi connectivity index (χ3n) is 5.20. The molecule has 160 valence electrons. The Morgan fingerprint density at radius 2 is 1.81 bits per heavy atom. The quantitative estimate of drug-likeness (QED) is 0.506. The number of aryl methyl sites for hydroxylation is 2. The van der Waals surface area contributed by atoms with Gasteiger partial charge in [-0.1, -0.05) is 19.1 Å². The number of Topliss-reactive ketones (excluding diaryl/α,β-unsaturated/α-hetero) is 1. The fourth-order valence-corrected chi connectivity index (χ4v) is 3.27. The summed E-state index contributed by atoms with van der Waals surface area (Å²) in [6, 6.07) is 9.56. The van der Waals surface area contributed by atoms with Crippen LogP contribution < -0.4 is 4.90 Å². The molecule has 31 heavy (non-hydrogen) atoms. The van der Waals surface area contributed by atoms with Gasteiger partial charge in [-0.15, -0.1) is 0 Å². The van der Waals surface area contributed by atoms with Crippen LogP contribution in [0.1, 0.15) is 41.5 Å². The minimum atomic E-state index is -1.10. The molecule has 7 heteroatoms. The summed E-state index contributed by atoms with van der Waals surface area (Å²) >= 11 is 0. The maximum Gasteiger partial charge on any atom is 0.226 e. The number of anilines is 1. The van der Waals surface area contributed by atoms with E-state index in [1.807, 2.05) is 19.1 Å². The van der Waals surface area contributed by atoms with Crippen LogP contribution >= 0.6 is 0 Å². The van der Waals surface area contributed by atoms with E-state index in [0.717, 1.165) is 16.2 Å². The first-order chi connectivity index (χ1) is 14.8. The Bertz CT molecular complexity index is 1110. The van der Waals surface area contributed by atoms with E-state index >= 15 is 0 Å². The van der Waals surface area contributed by atoms with Crippen molar-refractivity contribution in [3.05, 3.63) is 77.4 Å². The maximum atomic E-state index is 14.7. The summed E-state index contributed by atoms with van der Waals surface area (Å²) in [6.45, 7) is 3.54. The van der Waals surface area contributed by atoms with Crippen molar-refractivity contribution >= 4 is 17.4 Å². The zero-order valence-corrected chi connectivity index (χ0v) is 17.7. The number of ketones is 1. The molecule has 5 nitrogen and oxygen atoms in total. The average Bonchev–Trinajstić information content (AvgIpc) is 2.79. The van der Waals surface area contributed by atoms with E-state index in [9.17, 15) is 18.4 Å². The molecule has 0 atom stereocenters. The minimum absolute atomic E-state index is 0.0103. The highest BCUT2D eigenvalue weighted by Crippen LogP contribution is 2.30. The normalized spacial score (nSPS) is 10.7. The summed E-state index contributed by atoms with van der Waals surface area (Å²) in [5.74, 6) is -2.64. The van der Waals surface area contributed by atoms with Crippen LogP contribution in [0.25, 0.3) is 11.1 Å². The van der Waals surface area contributed by atoms with Gasteiger partial charge in [0.25, 0.3) is 0 Å². The standard InChI is InChI=1S/C24H23F2N3O2/c1-4-22(31)29(3)20-11-9-18(23(25)24(20)26)17-7-10-19(28-14-17)21(30)12-8-16-6-5-13-27-15(16)2/h5-7,9-11,13-14H,4,8,12H2,1-3H3. The largest absolute Gasteiger partial charge is 0.313 e. The van der Waals surface area contributed by atoms with Crippen molar-refractivity contribution in [2.24, 2.45) is 0 Å². The molecule has 0 bridgehead atoms. The SMILES string of the molecule is CCC(=O)N(C)c1ccc(-c2ccc(C(=O)CCc3cccnc3C)nc2)c(F)c1F. The molecule has 0 radical (unpaired) electrons. The zero-order valence-electron chi connectivity index (χ0n) is 17.7. The second kappa shape index (κ2) is 9.55. The van der Waals surface area contributed by atoms with Gasteiger partial charge in [0, 0.05) is 49.1 Å². The first kappa shape index (κ1) is 22.2. The molecule has 0 spiro atoms. The van der Waals surface area contributed by atoms with Gasteiger partial charge in [-0.05, 0) is 43.2 Å². The van der Waals surface area contributed by atoms with E-state index in [2.05, 4.69) is 9.97 Å². The molecule has 3 aromatic rings. The molecule has 0 N–H and O–H groups in total. The van der Waals surface area contributed by atoms with Gasteiger partial charge in [0.1, 0.15) is 5.69 Å². The van der Waals surface area contributed by atoms with Crippen LogP contribution in [0.3, 0.4) is 0 Å². The number of carbonyl (C=O) groups excluding carboxylic acids is 2. The highest BCUT2D eigenvalue weighted by molar-refractivity contribution is 5.95. The van der Waals surface area contributed by atoms with Gasteiger partial charge >= 0.3 is 0 Å². The second-order valence-electron chi connectivity index (χ2n) is 7.17. The Balaban J connectivity index is 1.76. The van der Waals surface area contributed by atoms with Crippen LogP contribution in [0.2, 0.25) is 0 Å². The number of amides is 1. The third kappa shape index (κ3) is 4.82. The topological polar surface area (TPSA) is 63.2 Å². The molecule has 2 aromatic heterocycles. The van der Waals surface area contributed by atoms with Crippen molar-refractivity contribution in [3.63, 3.8) is 0 Å². The summed E-state index contributed by atoms with van der Waals surface area (Å²) in [5.41, 5.74) is 2.36. The molecule has 1 amide bonds. The number of benzene rings is 1. The Labute approximate surface area is 179 Å². The van der Waals surface area contributed by atoms with Gasteiger partial charge in [-0.2, -0.15) is 0 Å². The molecular weight excluding hydrogens is 400 g/mol. The maximum absolute atomic E-state index is 14.7. The number of hydrogen-bond donors (Lipinski definition) is 0. The molecule has 1 aromatic carbocycles. The van der Waals surface area contributed by atoms with Crippen molar-refractivity contribution in [2.45, 2.75) is 33.1 Å². The number of aromatic nitrogens is 2. The van der Waals surface area contributed by atoms with Crippen LogP contribution in [-0.2, 0) is 11.2 Å². The summed E-state index contributed by atoms with van der Waals surface area (Å²) < 4.78 is 29.2. The predicted octanol–water partition coefficient (Wildman–Crippen LogP) is 4.92. The first-order valence-electron chi connectivity index (χ1n) is 9.98. The third-order valence-corrected chi connectivity index (χ3v) is 5.20. The molecule has 0 aliphatic heterocycles. The van der Waals surface area contributed by atoms with Gasteiger partial charge in [0.15, 0.2) is 17.4 Å². The molecule has 3 rings (SSSR count). The fraction of sp³-hybridized carbons (Fsp3) is 0.250. The van der Waals surface area contributed by atoms with E-state index in [1.165, 1.54) is 37.5 Å². The van der Waals surface area contributed by atoms with Gasteiger partial charge in [0.2, 0.25) is 5.91 Å². The predicted molar refractivity (Wildman–Crippen MR) is 115 cm³/mol. The van der Waals surface area contributed by atoms with Crippen LogP contribution in [0.5, 0.6) is 0 Å². The van der Waals surface area contributed by atoms with Gasteiger partial charge < -0.3 is 4.90 Å². The summed E-state index contributed by atoms with van der Waals surface area (Å²) in [4.78, 5) is 33.7. The molecule has 0 fully saturated rings. The molecule has 0 saturated heterocycles. The molecule has 2 heterocycles. The summed E-state index contributed by atoms with van der Waals surface area (Å²) in [7, 11) is 1.40. The number of pyridine rings is 2. The van der Waals surface area contributed by atoms with Crippen LogP contribution in [0.15, 0.2) is 48.8 Å². The number of hydrogen-bond acceptors (Lipinski definition) is 4.